The zero-order valence-electron chi connectivity index (χ0n) is 15.1. The summed E-state index contributed by atoms with van der Waals surface area (Å²) in [6.45, 7) is -0.401. The normalized spacial score (nSPS) is 11.7. The molecule has 0 aliphatic heterocycles. The Balaban J connectivity index is 0.000000423. The van der Waals surface area contributed by atoms with E-state index in [9.17, 15) is 40.6 Å². The highest BCUT2D eigenvalue weighted by Crippen LogP contribution is 2.33. The summed E-state index contributed by atoms with van der Waals surface area (Å²) in [5.74, 6) is -4.84. The van der Waals surface area contributed by atoms with E-state index in [2.05, 4.69) is 0 Å². The fourth-order valence-electron chi connectivity index (χ4n) is 2.70. The molecule has 0 amide bonds. The van der Waals surface area contributed by atoms with Crippen molar-refractivity contribution >= 4 is 22.8 Å². The number of carbonyl (C=O) groups is 2. The van der Waals surface area contributed by atoms with Gasteiger partial charge in [0.1, 0.15) is 11.5 Å². The summed E-state index contributed by atoms with van der Waals surface area (Å²) in [4.78, 5) is 20.3. The number of nitrogens with zero attached hydrogens (tertiary/aromatic N) is 1. The number of halogens is 7. The quantitative estimate of drug-likeness (QED) is 0.538. The third kappa shape index (κ3) is 5.74. The van der Waals surface area contributed by atoms with Gasteiger partial charge in [-0.15, -0.1) is 0 Å². The fourth-order valence-corrected chi connectivity index (χ4v) is 2.70. The molecule has 0 saturated carbocycles. The molecule has 166 valence electrons. The molecule has 1 aromatic heterocycles. The number of aliphatic carboxylic acids is 1. The van der Waals surface area contributed by atoms with Crippen LogP contribution in [0, 0.1) is 5.82 Å². The molecule has 31 heavy (non-hydrogen) atoms. The summed E-state index contributed by atoms with van der Waals surface area (Å²) in [5.41, 5.74) is -1.01. The minimum atomic E-state index is -5.08. The highest BCUT2D eigenvalue weighted by Gasteiger charge is 2.38. The van der Waals surface area contributed by atoms with E-state index in [1.54, 1.807) is 24.3 Å². The lowest BCUT2D eigenvalue weighted by atomic mass is 10.1. The van der Waals surface area contributed by atoms with Gasteiger partial charge in [0.25, 0.3) is 0 Å². The van der Waals surface area contributed by atoms with Crippen molar-refractivity contribution in [2.45, 2.75) is 18.9 Å². The molecule has 5 nitrogen and oxygen atoms in total. The smallest absolute Gasteiger partial charge is 0.477 e. The number of fused-ring (bicyclic) bond motifs is 1. The molecule has 0 unspecified atom stereocenters. The molecule has 12 heteroatoms. The van der Waals surface area contributed by atoms with Crippen molar-refractivity contribution < 1.29 is 50.5 Å². The number of hydrogen-bond donors (Lipinski definition) is 2. The van der Waals surface area contributed by atoms with Crippen LogP contribution in [0.15, 0.2) is 48.5 Å². The predicted molar refractivity (Wildman–Crippen MR) is 93.1 cm³/mol. The first kappa shape index (κ1) is 23.7. The summed E-state index contributed by atoms with van der Waals surface area (Å²) < 4.78 is 85.8. The van der Waals surface area contributed by atoms with E-state index < -0.39 is 42.2 Å². The second-order valence-electron chi connectivity index (χ2n) is 6.08. The minimum absolute atomic E-state index is 0.159. The lowest BCUT2D eigenvalue weighted by molar-refractivity contribution is -0.192. The maximum absolute atomic E-state index is 13.4. The monoisotopic (exact) mass is 451 g/mol. The Bertz CT molecular complexity index is 1120. The number of benzene rings is 2. The summed E-state index contributed by atoms with van der Waals surface area (Å²) in [5, 5.41) is 17.0. The molecule has 3 aromatic rings. The average Bonchev–Trinajstić information content (AvgIpc) is 2.99. The zero-order valence-corrected chi connectivity index (χ0v) is 15.1. The van der Waals surface area contributed by atoms with Crippen LogP contribution in [-0.2, 0) is 17.5 Å². The van der Waals surface area contributed by atoms with Crippen molar-refractivity contribution in [1.29, 1.82) is 0 Å². The molecule has 0 saturated heterocycles. The predicted octanol–water partition coefficient (Wildman–Crippen LogP) is 5.18. The SMILES string of the molecule is O=C(O)C(F)(F)F.O=C(O)c1cc2ccccc2n1Cc1cc(F)ccc1C(F)(F)F. The van der Waals surface area contributed by atoms with E-state index in [4.69, 9.17) is 9.90 Å². The van der Waals surface area contributed by atoms with Crippen molar-refractivity contribution in [3.63, 3.8) is 0 Å². The van der Waals surface area contributed by atoms with E-state index in [0.29, 0.717) is 17.0 Å². The van der Waals surface area contributed by atoms with Crippen LogP contribution in [0.1, 0.15) is 21.6 Å². The first-order valence-electron chi connectivity index (χ1n) is 8.19. The van der Waals surface area contributed by atoms with Gasteiger partial charge < -0.3 is 14.8 Å². The summed E-state index contributed by atoms with van der Waals surface area (Å²) in [7, 11) is 0. The highest BCUT2D eigenvalue weighted by atomic mass is 19.4. The molecule has 1 heterocycles. The molecule has 0 atom stereocenters. The number of aromatic carboxylic acids is 1. The number of rotatable bonds is 3. The van der Waals surface area contributed by atoms with Crippen molar-refractivity contribution in [3.8, 4) is 0 Å². The number of carboxylic acid groups (broad SMARTS) is 2. The molecule has 2 aromatic carbocycles. The van der Waals surface area contributed by atoms with Crippen LogP contribution in [0.3, 0.4) is 0 Å². The van der Waals surface area contributed by atoms with E-state index in [-0.39, 0.29) is 11.3 Å². The second kappa shape index (κ2) is 8.66. The number of para-hydroxylation sites is 1. The molecule has 0 radical (unpaired) electrons. The number of carboxylic acids is 2. The van der Waals surface area contributed by atoms with Gasteiger partial charge in [0.15, 0.2) is 0 Å². The topological polar surface area (TPSA) is 79.5 Å². The van der Waals surface area contributed by atoms with Crippen molar-refractivity contribution in [2.75, 3.05) is 0 Å². The Morgan fingerprint density at radius 1 is 0.903 bits per heavy atom. The molecule has 0 fully saturated rings. The van der Waals surface area contributed by atoms with Gasteiger partial charge in [0, 0.05) is 17.4 Å². The van der Waals surface area contributed by atoms with Gasteiger partial charge in [-0.25, -0.2) is 14.0 Å². The van der Waals surface area contributed by atoms with Crippen LogP contribution in [0.2, 0.25) is 0 Å². The van der Waals surface area contributed by atoms with Gasteiger partial charge in [-0.2, -0.15) is 26.3 Å². The summed E-state index contributed by atoms with van der Waals surface area (Å²) in [6.07, 6.45) is -9.74. The van der Waals surface area contributed by atoms with Gasteiger partial charge in [-0.05, 0) is 35.9 Å². The van der Waals surface area contributed by atoms with Crippen LogP contribution in [0.5, 0.6) is 0 Å². The molecule has 2 N–H and O–H groups in total. The molecule has 3 rings (SSSR count). The van der Waals surface area contributed by atoms with Crippen LogP contribution in [0.25, 0.3) is 10.9 Å². The van der Waals surface area contributed by atoms with E-state index in [0.717, 1.165) is 12.1 Å². The maximum atomic E-state index is 13.4. The van der Waals surface area contributed by atoms with Gasteiger partial charge in [0.2, 0.25) is 0 Å². The van der Waals surface area contributed by atoms with Crippen LogP contribution < -0.4 is 0 Å². The third-order valence-corrected chi connectivity index (χ3v) is 3.97. The van der Waals surface area contributed by atoms with Crippen molar-refractivity contribution in [3.05, 3.63) is 71.2 Å². The average molecular weight is 451 g/mol. The van der Waals surface area contributed by atoms with Gasteiger partial charge in [-0.3, -0.25) is 0 Å². The Morgan fingerprint density at radius 2 is 1.48 bits per heavy atom. The van der Waals surface area contributed by atoms with Gasteiger partial charge in [-0.1, -0.05) is 18.2 Å². The Kier molecular flexibility index (Phi) is 6.62. The lowest BCUT2D eigenvalue weighted by Crippen LogP contribution is -2.21. The molecule has 0 aliphatic rings. The second-order valence-corrected chi connectivity index (χ2v) is 6.08. The van der Waals surface area contributed by atoms with Crippen LogP contribution in [0.4, 0.5) is 30.7 Å². The molecular weight excluding hydrogens is 439 g/mol. The summed E-state index contributed by atoms with van der Waals surface area (Å²) in [6, 6.07) is 10.2. The van der Waals surface area contributed by atoms with E-state index in [1.165, 1.54) is 10.6 Å². The van der Waals surface area contributed by atoms with Gasteiger partial charge in [0.05, 0.1) is 5.56 Å². The Labute approximate surface area is 168 Å². The van der Waals surface area contributed by atoms with Crippen molar-refractivity contribution in [1.82, 2.24) is 4.57 Å². The molecule has 0 spiro atoms. The number of aromatic nitrogens is 1. The zero-order chi connectivity index (χ0) is 23.6. The van der Waals surface area contributed by atoms with Crippen molar-refractivity contribution in [2.24, 2.45) is 0 Å². The third-order valence-electron chi connectivity index (χ3n) is 3.97. The number of alkyl halides is 6. The molecular formula is C19H12F7NO4. The standard InChI is InChI=1S/C17H11F4NO2.C2HF3O2/c18-12-5-6-13(17(19,20)21)11(7-12)9-22-14-4-2-1-3-10(14)8-15(22)16(23)24;3-2(4,5)1(6)7/h1-8H,9H2,(H,23,24);(H,6,7). The molecule has 0 aliphatic carbocycles. The number of hydrogen-bond acceptors (Lipinski definition) is 2. The Morgan fingerprint density at radius 3 is 2.00 bits per heavy atom. The van der Waals surface area contributed by atoms with E-state index >= 15 is 0 Å². The first-order chi connectivity index (χ1) is 14.2. The van der Waals surface area contributed by atoms with Crippen LogP contribution in [-0.4, -0.2) is 32.9 Å². The first-order valence-corrected chi connectivity index (χ1v) is 8.19. The summed E-state index contributed by atoms with van der Waals surface area (Å²) >= 11 is 0. The Hall–Kier alpha value is -3.57. The minimum Gasteiger partial charge on any atom is -0.477 e. The lowest BCUT2D eigenvalue weighted by Gasteiger charge is -2.15. The molecule has 0 bridgehead atoms. The highest BCUT2D eigenvalue weighted by molar-refractivity contribution is 5.94. The largest absolute Gasteiger partial charge is 0.490 e. The van der Waals surface area contributed by atoms with E-state index in [1.807, 2.05) is 0 Å². The maximum Gasteiger partial charge on any atom is 0.490 e. The van der Waals surface area contributed by atoms with Gasteiger partial charge >= 0.3 is 24.3 Å². The van der Waals surface area contributed by atoms with Crippen LogP contribution >= 0.6 is 0 Å². The fraction of sp³-hybridized carbons (Fsp3) is 0.158.